The number of rotatable bonds is 21. The summed E-state index contributed by atoms with van der Waals surface area (Å²) in [4.78, 5) is 24.1. The monoisotopic (exact) mass is 493 g/mol. The van der Waals surface area contributed by atoms with E-state index in [0.717, 1.165) is 39.1 Å². The van der Waals surface area contributed by atoms with Crippen LogP contribution in [0.1, 0.15) is 34.1 Å². The van der Waals surface area contributed by atoms with Crippen LogP contribution in [0.4, 0.5) is 0 Å². The molecule has 0 radical (unpaired) electrons. The smallest absolute Gasteiger partial charge is 0.251 e. The molecule has 0 aliphatic heterocycles. The van der Waals surface area contributed by atoms with E-state index in [2.05, 4.69) is 40.4 Å². The lowest BCUT2D eigenvalue weighted by Crippen LogP contribution is -2.56. The summed E-state index contributed by atoms with van der Waals surface area (Å²) in [5.41, 5.74) is -1.41. The number of methoxy groups -OCH3 is 1. The van der Waals surface area contributed by atoms with Crippen LogP contribution in [-0.2, 0) is 14.3 Å². The van der Waals surface area contributed by atoms with Crippen molar-refractivity contribution in [2.45, 2.75) is 70.2 Å². The number of amides is 1. The summed E-state index contributed by atoms with van der Waals surface area (Å²) in [6, 6.07) is 0.535. The largest absolute Gasteiger partial charge is 0.387 e. The second-order valence-corrected chi connectivity index (χ2v) is 8.75. The third kappa shape index (κ3) is 13.0. The molecule has 0 aliphatic carbocycles. The van der Waals surface area contributed by atoms with Gasteiger partial charge in [-0.05, 0) is 27.2 Å². The Bertz CT molecular complexity index is 568. The van der Waals surface area contributed by atoms with E-state index in [9.17, 15) is 30.0 Å². The Morgan fingerprint density at radius 2 is 1.24 bits per heavy atom. The lowest BCUT2D eigenvalue weighted by Gasteiger charge is -2.30. The molecule has 5 atom stereocenters. The summed E-state index contributed by atoms with van der Waals surface area (Å²) in [5, 5.41) is 55.5. The fourth-order valence-corrected chi connectivity index (χ4v) is 2.80. The van der Waals surface area contributed by atoms with Crippen LogP contribution in [0.5, 0.6) is 0 Å². The van der Waals surface area contributed by atoms with Crippen molar-refractivity contribution >= 4 is 11.7 Å². The topological polar surface area (TPSA) is 184 Å². The van der Waals surface area contributed by atoms with Crippen molar-refractivity contribution in [2.24, 2.45) is 0 Å². The maximum atomic E-state index is 12.1. The first-order valence-corrected chi connectivity index (χ1v) is 11.9. The Balaban J connectivity index is 3.92. The molecule has 0 heterocycles. The second kappa shape index (κ2) is 18.1. The normalized spacial score (nSPS) is 16.5. The number of Topliss-reactive ketones (excluding diaryl/α,β-unsaturated/α-hetero) is 1. The summed E-state index contributed by atoms with van der Waals surface area (Å²) in [6.07, 6.45) is -7.04. The van der Waals surface area contributed by atoms with Crippen LogP contribution >= 0.6 is 0 Å². The molecule has 0 saturated carbocycles. The molecule has 0 aromatic carbocycles. The first kappa shape index (κ1) is 32.8. The SMILES string of the molecule is CCC(C)NCCNCCNCCNCCNC(=O)[C@H](O)[C@@H](O)[C@H](O)[C@H](O)C(=O)C(C)(C)OC. The molecule has 1 unspecified atom stereocenters. The Labute approximate surface area is 203 Å². The van der Waals surface area contributed by atoms with E-state index in [0.29, 0.717) is 19.1 Å². The van der Waals surface area contributed by atoms with E-state index in [1.807, 2.05) is 0 Å². The summed E-state index contributed by atoms with van der Waals surface area (Å²) >= 11 is 0. The van der Waals surface area contributed by atoms with Crippen LogP contribution in [0.15, 0.2) is 0 Å². The van der Waals surface area contributed by atoms with Gasteiger partial charge in [0.2, 0.25) is 0 Å². The van der Waals surface area contributed by atoms with Gasteiger partial charge in [0.15, 0.2) is 11.9 Å². The molecule has 202 valence electrons. The van der Waals surface area contributed by atoms with Crippen LogP contribution in [0.25, 0.3) is 0 Å². The van der Waals surface area contributed by atoms with E-state index in [-0.39, 0.29) is 6.54 Å². The van der Waals surface area contributed by atoms with Gasteiger partial charge in [0.05, 0.1) is 0 Å². The van der Waals surface area contributed by atoms with Gasteiger partial charge in [-0.2, -0.15) is 0 Å². The lowest BCUT2D eigenvalue weighted by molar-refractivity contribution is -0.165. The molecule has 0 spiro atoms. The minimum Gasteiger partial charge on any atom is -0.387 e. The Morgan fingerprint density at radius 3 is 1.71 bits per heavy atom. The Kier molecular flexibility index (Phi) is 17.5. The molecule has 0 aromatic heterocycles. The third-order valence-electron chi connectivity index (χ3n) is 5.60. The van der Waals surface area contributed by atoms with Crippen molar-refractivity contribution in [3.63, 3.8) is 0 Å². The second-order valence-electron chi connectivity index (χ2n) is 8.75. The van der Waals surface area contributed by atoms with Gasteiger partial charge in [0.25, 0.3) is 5.91 Å². The average molecular weight is 494 g/mol. The third-order valence-corrected chi connectivity index (χ3v) is 5.60. The molecule has 0 aliphatic rings. The number of carbonyl (C=O) groups excluding carboxylic acids is 2. The predicted octanol–water partition coefficient (Wildman–Crippen LogP) is -3.30. The fraction of sp³-hybridized carbons (Fsp3) is 0.909. The highest BCUT2D eigenvalue weighted by Crippen LogP contribution is 2.16. The van der Waals surface area contributed by atoms with E-state index in [1.54, 1.807) is 0 Å². The first-order chi connectivity index (χ1) is 16.0. The number of hydrogen-bond donors (Lipinski definition) is 9. The quantitative estimate of drug-likeness (QED) is 0.0730. The molecule has 0 bridgehead atoms. The maximum absolute atomic E-state index is 12.1. The number of hydrogen-bond acceptors (Lipinski definition) is 11. The van der Waals surface area contributed by atoms with E-state index in [4.69, 9.17) is 4.74 Å². The molecule has 1 amide bonds. The Morgan fingerprint density at radius 1 is 0.794 bits per heavy atom. The summed E-state index contributed by atoms with van der Waals surface area (Å²) < 4.78 is 4.93. The van der Waals surface area contributed by atoms with Crippen LogP contribution < -0.4 is 26.6 Å². The van der Waals surface area contributed by atoms with Gasteiger partial charge in [-0.25, -0.2) is 0 Å². The van der Waals surface area contributed by atoms with Gasteiger partial charge in [-0.15, -0.1) is 0 Å². The number of aliphatic hydroxyl groups is 4. The molecule has 0 aromatic rings. The molecular weight excluding hydrogens is 446 g/mol. The van der Waals surface area contributed by atoms with Gasteiger partial charge in [0.1, 0.15) is 23.9 Å². The van der Waals surface area contributed by atoms with Crippen LogP contribution in [-0.4, -0.2) is 128 Å². The van der Waals surface area contributed by atoms with Crippen molar-refractivity contribution in [1.82, 2.24) is 26.6 Å². The number of ether oxygens (including phenoxy) is 1. The van der Waals surface area contributed by atoms with Gasteiger partial charge in [0, 0.05) is 65.5 Å². The minimum atomic E-state index is -2.06. The number of nitrogens with one attached hydrogen (secondary N) is 5. The standard InChI is InChI=1S/C22H47N5O7/c1-6-15(2)26-13-11-24-9-7-23-8-10-25-12-14-27-21(33)19(31)17(29)16(28)18(30)20(32)22(3,4)34-5/h15-19,23-26,28-31H,6-14H2,1-5H3,(H,27,33)/t15?,16-,17-,18-,19+/m0/s1. The summed E-state index contributed by atoms with van der Waals surface area (Å²) in [6.45, 7) is 12.7. The number of aliphatic hydroxyl groups excluding tert-OH is 4. The van der Waals surface area contributed by atoms with Crippen molar-refractivity contribution in [3.05, 3.63) is 0 Å². The minimum absolute atomic E-state index is 0.182. The molecule has 12 heteroatoms. The molecule has 0 rings (SSSR count). The van der Waals surface area contributed by atoms with Crippen LogP contribution in [0.2, 0.25) is 0 Å². The lowest BCUT2D eigenvalue weighted by atomic mass is 9.91. The highest BCUT2D eigenvalue weighted by atomic mass is 16.5. The van der Waals surface area contributed by atoms with E-state index >= 15 is 0 Å². The van der Waals surface area contributed by atoms with Crippen LogP contribution in [0, 0.1) is 0 Å². The molecule has 9 N–H and O–H groups in total. The molecular formula is C22H47N5O7. The summed E-state index contributed by atoms with van der Waals surface area (Å²) in [5.74, 6) is -1.81. The van der Waals surface area contributed by atoms with E-state index < -0.39 is 41.7 Å². The zero-order chi connectivity index (χ0) is 26.1. The van der Waals surface area contributed by atoms with Gasteiger partial charge >= 0.3 is 0 Å². The highest BCUT2D eigenvalue weighted by molar-refractivity contribution is 5.91. The van der Waals surface area contributed by atoms with Crippen molar-refractivity contribution in [2.75, 3.05) is 59.5 Å². The number of ketones is 1. The average Bonchev–Trinajstić information content (AvgIpc) is 2.83. The number of carbonyl (C=O) groups is 2. The van der Waals surface area contributed by atoms with Crippen LogP contribution in [0.3, 0.4) is 0 Å². The Hall–Kier alpha value is -1.22. The van der Waals surface area contributed by atoms with Crippen molar-refractivity contribution in [3.8, 4) is 0 Å². The fourth-order valence-electron chi connectivity index (χ4n) is 2.80. The first-order valence-electron chi connectivity index (χ1n) is 11.9. The van der Waals surface area contributed by atoms with Crippen molar-refractivity contribution in [1.29, 1.82) is 0 Å². The summed E-state index contributed by atoms with van der Waals surface area (Å²) in [7, 11) is 1.26. The van der Waals surface area contributed by atoms with Crippen molar-refractivity contribution < 1.29 is 34.8 Å². The predicted molar refractivity (Wildman–Crippen MR) is 129 cm³/mol. The van der Waals surface area contributed by atoms with Gasteiger partial charge in [-0.3, -0.25) is 9.59 Å². The maximum Gasteiger partial charge on any atom is 0.251 e. The zero-order valence-electron chi connectivity index (χ0n) is 21.3. The molecule has 0 fully saturated rings. The molecule has 34 heavy (non-hydrogen) atoms. The van der Waals surface area contributed by atoms with E-state index in [1.165, 1.54) is 21.0 Å². The molecule has 0 saturated heterocycles. The van der Waals surface area contributed by atoms with Gasteiger partial charge < -0.3 is 51.7 Å². The zero-order valence-corrected chi connectivity index (χ0v) is 21.3. The molecule has 12 nitrogen and oxygen atoms in total. The van der Waals surface area contributed by atoms with Gasteiger partial charge in [-0.1, -0.05) is 6.92 Å². The highest BCUT2D eigenvalue weighted by Gasteiger charge is 2.42.